The minimum Gasteiger partial charge on any atom is -0.523 e. The lowest BCUT2D eigenvalue weighted by Crippen LogP contribution is -2.27. The molecule has 0 spiro atoms. The highest BCUT2D eigenvalue weighted by atomic mass is 16.6. The third kappa shape index (κ3) is 1.50. The van der Waals surface area contributed by atoms with Gasteiger partial charge in [-0.3, -0.25) is 0 Å². The molecule has 0 unspecified atom stereocenters. The molecule has 1 aromatic carbocycles. The molecule has 0 amide bonds. The van der Waals surface area contributed by atoms with Crippen molar-refractivity contribution < 1.29 is 9.31 Å². The molecule has 2 rings (SSSR count). The van der Waals surface area contributed by atoms with Crippen LogP contribution >= 0.6 is 0 Å². The second kappa shape index (κ2) is 3.72. The zero-order valence-corrected chi connectivity index (χ0v) is 11.0. The molecule has 1 aromatic rings. The first-order valence-corrected chi connectivity index (χ1v) is 5.87. The van der Waals surface area contributed by atoms with Crippen LogP contribution in [0.4, 0.5) is 0 Å². The average Bonchev–Trinajstić information content (AvgIpc) is 2.68. The Labute approximate surface area is 98.1 Å². The van der Waals surface area contributed by atoms with E-state index in [9.17, 15) is 0 Å². The van der Waals surface area contributed by atoms with Crippen molar-refractivity contribution in [3.05, 3.63) is 22.3 Å². The minimum absolute atomic E-state index is 0.131. The molecule has 0 N–H and O–H groups in total. The van der Waals surface area contributed by atoms with Gasteiger partial charge in [-0.05, 0) is 49.9 Å². The van der Waals surface area contributed by atoms with Gasteiger partial charge in [0.25, 0.3) is 0 Å². The monoisotopic (exact) mass is 218 g/mol. The van der Waals surface area contributed by atoms with Crippen LogP contribution in [0.5, 0.6) is 11.5 Å². The maximum absolute atomic E-state index is 5.89. The van der Waals surface area contributed by atoms with Crippen molar-refractivity contribution in [1.82, 2.24) is 0 Å². The van der Waals surface area contributed by atoms with Crippen molar-refractivity contribution in [2.75, 3.05) is 0 Å². The van der Waals surface area contributed by atoms with Crippen LogP contribution < -0.4 is 9.31 Å². The van der Waals surface area contributed by atoms with E-state index in [-0.39, 0.29) is 7.12 Å². The fourth-order valence-electron chi connectivity index (χ4n) is 2.06. The van der Waals surface area contributed by atoms with E-state index in [1.807, 2.05) is 0 Å². The molecule has 1 aliphatic heterocycles. The molecule has 86 valence electrons. The lowest BCUT2D eigenvalue weighted by atomic mass is 9.75. The minimum atomic E-state index is -0.131. The van der Waals surface area contributed by atoms with Crippen LogP contribution in [-0.4, -0.2) is 7.12 Å². The maximum Gasteiger partial charge on any atom is 0.597 e. The van der Waals surface area contributed by atoms with Crippen LogP contribution in [-0.2, 0) is 0 Å². The molecule has 0 bridgehead atoms. The first-order valence-electron chi connectivity index (χ1n) is 5.87. The predicted octanol–water partition coefficient (Wildman–Crippen LogP) is 3.59. The van der Waals surface area contributed by atoms with Crippen molar-refractivity contribution in [1.29, 1.82) is 0 Å². The highest BCUT2D eigenvalue weighted by Gasteiger charge is 2.37. The summed E-state index contributed by atoms with van der Waals surface area (Å²) in [6.45, 7) is 12.7. The van der Waals surface area contributed by atoms with E-state index in [0.29, 0.717) is 5.82 Å². The Morgan fingerprint density at radius 1 is 0.750 bits per heavy atom. The quantitative estimate of drug-likeness (QED) is 0.670. The predicted molar refractivity (Wildman–Crippen MR) is 67.5 cm³/mol. The summed E-state index contributed by atoms with van der Waals surface area (Å²) in [5.74, 6) is 2.26. The Morgan fingerprint density at radius 3 is 1.44 bits per heavy atom. The van der Waals surface area contributed by atoms with Gasteiger partial charge in [0.1, 0.15) is 11.5 Å². The van der Waals surface area contributed by atoms with Gasteiger partial charge in [0.2, 0.25) is 0 Å². The summed E-state index contributed by atoms with van der Waals surface area (Å²) in [5, 5.41) is 0. The molecule has 0 aromatic heterocycles. The van der Waals surface area contributed by atoms with E-state index in [2.05, 4.69) is 41.5 Å². The molecule has 0 aliphatic carbocycles. The van der Waals surface area contributed by atoms with Crippen LogP contribution in [0.2, 0.25) is 5.82 Å². The molecular formula is C13H19BO2. The lowest BCUT2D eigenvalue weighted by molar-refractivity contribution is 0.479. The van der Waals surface area contributed by atoms with Crippen LogP contribution in [0.15, 0.2) is 0 Å². The summed E-state index contributed by atoms with van der Waals surface area (Å²) >= 11 is 0. The molecule has 1 aliphatic rings. The van der Waals surface area contributed by atoms with E-state index in [4.69, 9.17) is 9.31 Å². The SMILES string of the molecule is Cc1c(C)c(C)c2c(c1C)OB(C(C)C)O2. The van der Waals surface area contributed by atoms with Crippen molar-refractivity contribution >= 4 is 7.12 Å². The highest BCUT2D eigenvalue weighted by Crippen LogP contribution is 2.44. The van der Waals surface area contributed by atoms with E-state index < -0.39 is 0 Å². The van der Waals surface area contributed by atoms with Gasteiger partial charge in [-0.2, -0.15) is 0 Å². The second-order valence-corrected chi connectivity index (χ2v) is 5.01. The van der Waals surface area contributed by atoms with Gasteiger partial charge in [-0.1, -0.05) is 13.8 Å². The first kappa shape index (κ1) is 11.4. The number of rotatable bonds is 1. The average molecular weight is 218 g/mol. The summed E-state index contributed by atoms with van der Waals surface area (Å²) in [4.78, 5) is 0. The Hall–Kier alpha value is -1.12. The van der Waals surface area contributed by atoms with Gasteiger partial charge in [0.05, 0.1) is 0 Å². The Balaban J connectivity index is 2.53. The fourth-order valence-corrected chi connectivity index (χ4v) is 2.06. The fraction of sp³-hybridized carbons (Fsp3) is 0.538. The van der Waals surface area contributed by atoms with Crippen molar-refractivity contribution in [3.63, 3.8) is 0 Å². The number of hydrogen-bond acceptors (Lipinski definition) is 2. The largest absolute Gasteiger partial charge is 0.597 e. The third-order valence-electron chi connectivity index (χ3n) is 3.59. The number of benzene rings is 1. The Kier molecular flexibility index (Phi) is 2.65. The van der Waals surface area contributed by atoms with Gasteiger partial charge in [0.15, 0.2) is 0 Å². The van der Waals surface area contributed by atoms with Crippen LogP contribution in [0.1, 0.15) is 36.1 Å². The molecule has 2 nitrogen and oxygen atoms in total. The maximum atomic E-state index is 5.89. The zero-order chi connectivity index (χ0) is 12.0. The zero-order valence-electron chi connectivity index (χ0n) is 11.0. The molecular weight excluding hydrogens is 199 g/mol. The summed E-state index contributed by atoms with van der Waals surface area (Å²) in [6.07, 6.45) is 0. The Morgan fingerprint density at radius 2 is 1.12 bits per heavy atom. The summed E-state index contributed by atoms with van der Waals surface area (Å²) < 4.78 is 11.8. The Bertz CT molecular complexity index is 401. The van der Waals surface area contributed by atoms with Gasteiger partial charge in [-0.15, -0.1) is 0 Å². The normalized spacial score (nSPS) is 13.8. The van der Waals surface area contributed by atoms with Crippen molar-refractivity contribution in [2.24, 2.45) is 0 Å². The molecule has 0 saturated heterocycles. The van der Waals surface area contributed by atoms with E-state index in [0.717, 1.165) is 11.5 Å². The summed E-state index contributed by atoms with van der Waals surface area (Å²) in [6, 6.07) is 0. The summed E-state index contributed by atoms with van der Waals surface area (Å²) in [5.41, 5.74) is 5.04. The number of fused-ring (bicyclic) bond motifs is 1. The molecule has 0 saturated carbocycles. The van der Waals surface area contributed by atoms with Crippen molar-refractivity contribution in [3.8, 4) is 11.5 Å². The van der Waals surface area contributed by atoms with Gasteiger partial charge in [0, 0.05) is 5.82 Å². The number of hydrogen-bond donors (Lipinski definition) is 0. The summed E-state index contributed by atoms with van der Waals surface area (Å²) in [7, 11) is -0.131. The van der Waals surface area contributed by atoms with E-state index in [1.165, 1.54) is 22.3 Å². The van der Waals surface area contributed by atoms with Crippen LogP contribution in [0.3, 0.4) is 0 Å². The van der Waals surface area contributed by atoms with Crippen LogP contribution in [0, 0.1) is 27.7 Å². The molecule has 0 atom stereocenters. The topological polar surface area (TPSA) is 18.5 Å². The van der Waals surface area contributed by atoms with Crippen molar-refractivity contribution in [2.45, 2.75) is 47.4 Å². The standard InChI is InChI=1S/C13H19BO2/c1-7(2)14-15-12-10(5)8(3)9(4)11(6)13(12)16-14/h7H,1-6H3. The molecule has 0 fully saturated rings. The van der Waals surface area contributed by atoms with E-state index in [1.54, 1.807) is 0 Å². The van der Waals surface area contributed by atoms with Gasteiger partial charge >= 0.3 is 7.12 Å². The third-order valence-corrected chi connectivity index (χ3v) is 3.59. The van der Waals surface area contributed by atoms with Crippen LogP contribution in [0.25, 0.3) is 0 Å². The van der Waals surface area contributed by atoms with Gasteiger partial charge in [-0.25, -0.2) is 0 Å². The smallest absolute Gasteiger partial charge is 0.523 e. The molecule has 3 heteroatoms. The highest BCUT2D eigenvalue weighted by molar-refractivity contribution is 6.49. The van der Waals surface area contributed by atoms with E-state index >= 15 is 0 Å². The first-order chi connectivity index (χ1) is 7.43. The van der Waals surface area contributed by atoms with Gasteiger partial charge < -0.3 is 9.31 Å². The lowest BCUT2D eigenvalue weighted by Gasteiger charge is -2.13. The second-order valence-electron chi connectivity index (χ2n) is 5.01. The molecule has 0 radical (unpaired) electrons. The molecule has 16 heavy (non-hydrogen) atoms. The molecule has 1 heterocycles.